The smallest absolute Gasteiger partial charge is 0.337 e. The van der Waals surface area contributed by atoms with E-state index in [2.05, 4.69) is 29.2 Å². The molecule has 0 aliphatic heterocycles. The molecule has 0 spiro atoms. The predicted molar refractivity (Wildman–Crippen MR) is 113 cm³/mol. The van der Waals surface area contributed by atoms with Crippen LogP contribution >= 0.6 is 12.2 Å². The van der Waals surface area contributed by atoms with Crippen molar-refractivity contribution in [1.82, 2.24) is 5.32 Å². The van der Waals surface area contributed by atoms with Gasteiger partial charge in [-0.3, -0.25) is 10.1 Å². The molecule has 0 saturated heterocycles. The summed E-state index contributed by atoms with van der Waals surface area (Å²) in [5, 5.41) is 5.70. The van der Waals surface area contributed by atoms with E-state index < -0.39 is 11.9 Å². The van der Waals surface area contributed by atoms with Crippen LogP contribution in [0.2, 0.25) is 0 Å². The minimum absolute atomic E-state index is 0.146. The van der Waals surface area contributed by atoms with Crippen LogP contribution in [0, 0.1) is 5.92 Å². The summed E-state index contributed by atoms with van der Waals surface area (Å²) in [5.74, 6) is 0.365. The standard InChI is InChI=1S/C21H24N2O4S/c1-14(2)10-11-27-18-9-5-8-17(13-18)22-21(28)23-19(24)15-6-4-7-16(12-15)20(25)26-3/h4-9,12-14H,10-11H2,1-3H3,(H2,22,23,24,28). The van der Waals surface area contributed by atoms with Crippen LogP contribution in [0.15, 0.2) is 48.5 Å². The number of amides is 1. The van der Waals surface area contributed by atoms with Crippen LogP contribution in [-0.4, -0.2) is 30.7 Å². The number of anilines is 1. The van der Waals surface area contributed by atoms with Crippen LogP contribution in [0.4, 0.5) is 5.69 Å². The van der Waals surface area contributed by atoms with Crippen molar-refractivity contribution < 1.29 is 19.1 Å². The lowest BCUT2D eigenvalue weighted by atomic mass is 10.1. The first-order valence-electron chi connectivity index (χ1n) is 8.92. The second-order valence-electron chi connectivity index (χ2n) is 6.54. The molecule has 6 nitrogen and oxygen atoms in total. The van der Waals surface area contributed by atoms with Gasteiger partial charge in [0.25, 0.3) is 5.91 Å². The molecule has 2 N–H and O–H groups in total. The Kier molecular flexibility index (Phi) is 7.95. The van der Waals surface area contributed by atoms with Gasteiger partial charge < -0.3 is 14.8 Å². The fourth-order valence-electron chi connectivity index (χ4n) is 2.32. The van der Waals surface area contributed by atoms with Crippen molar-refractivity contribution in [3.8, 4) is 5.75 Å². The molecule has 1 amide bonds. The molecular weight excluding hydrogens is 376 g/mol. The molecule has 0 aliphatic carbocycles. The highest BCUT2D eigenvalue weighted by atomic mass is 32.1. The summed E-state index contributed by atoms with van der Waals surface area (Å²) in [5.41, 5.74) is 1.30. The topological polar surface area (TPSA) is 76.7 Å². The van der Waals surface area contributed by atoms with Crippen LogP contribution in [0.25, 0.3) is 0 Å². The molecule has 2 aromatic rings. The quantitative estimate of drug-likeness (QED) is 0.540. The first kappa shape index (κ1) is 21.4. The molecule has 2 rings (SSSR count). The van der Waals surface area contributed by atoms with Crippen LogP contribution in [-0.2, 0) is 4.74 Å². The van der Waals surface area contributed by atoms with Gasteiger partial charge in [-0.1, -0.05) is 26.0 Å². The van der Waals surface area contributed by atoms with Gasteiger partial charge >= 0.3 is 5.97 Å². The maximum Gasteiger partial charge on any atom is 0.337 e. The van der Waals surface area contributed by atoms with E-state index >= 15 is 0 Å². The Morgan fingerprint density at radius 3 is 2.50 bits per heavy atom. The van der Waals surface area contributed by atoms with E-state index in [4.69, 9.17) is 17.0 Å². The molecule has 28 heavy (non-hydrogen) atoms. The van der Waals surface area contributed by atoms with E-state index in [-0.39, 0.29) is 5.11 Å². The second-order valence-corrected chi connectivity index (χ2v) is 6.95. The molecule has 0 heterocycles. The number of hydrogen-bond acceptors (Lipinski definition) is 5. The Morgan fingerprint density at radius 1 is 1.07 bits per heavy atom. The summed E-state index contributed by atoms with van der Waals surface area (Å²) < 4.78 is 10.4. The summed E-state index contributed by atoms with van der Waals surface area (Å²) >= 11 is 5.21. The van der Waals surface area contributed by atoms with Crippen molar-refractivity contribution in [2.24, 2.45) is 5.92 Å². The lowest BCUT2D eigenvalue weighted by molar-refractivity contribution is 0.0600. The molecule has 0 atom stereocenters. The van der Waals surface area contributed by atoms with Gasteiger partial charge in [0.1, 0.15) is 5.75 Å². The molecule has 0 radical (unpaired) electrons. The van der Waals surface area contributed by atoms with Crippen LogP contribution < -0.4 is 15.4 Å². The summed E-state index contributed by atoms with van der Waals surface area (Å²) in [6.45, 7) is 4.92. The normalized spacial score (nSPS) is 10.3. The molecule has 148 valence electrons. The van der Waals surface area contributed by atoms with Crippen LogP contribution in [0.5, 0.6) is 5.75 Å². The van der Waals surface area contributed by atoms with E-state index in [1.807, 2.05) is 24.3 Å². The average molecular weight is 401 g/mol. The zero-order valence-electron chi connectivity index (χ0n) is 16.2. The number of nitrogens with one attached hydrogen (secondary N) is 2. The Bertz CT molecular complexity index is 852. The number of benzene rings is 2. The van der Waals surface area contributed by atoms with Gasteiger partial charge in [0.15, 0.2) is 5.11 Å². The maximum absolute atomic E-state index is 12.4. The number of ether oxygens (including phenoxy) is 2. The highest BCUT2D eigenvalue weighted by Crippen LogP contribution is 2.18. The largest absolute Gasteiger partial charge is 0.494 e. The molecule has 0 aliphatic rings. The Labute approximate surface area is 170 Å². The SMILES string of the molecule is COC(=O)c1cccc(C(=O)NC(=S)Nc2cccc(OCCC(C)C)c2)c1. The highest BCUT2D eigenvalue weighted by Gasteiger charge is 2.12. The molecule has 0 bridgehead atoms. The third-order valence-electron chi connectivity index (χ3n) is 3.83. The molecule has 7 heteroatoms. The van der Waals surface area contributed by atoms with Gasteiger partial charge in [-0.2, -0.15) is 0 Å². The molecular formula is C21H24N2O4S. The predicted octanol–water partition coefficient (Wildman–Crippen LogP) is 4.02. The van der Waals surface area contributed by atoms with Crippen molar-refractivity contribution in [3.05, 3.63) is 59.7 Å². The molecule has 0 aromatic heterocycles. The zero-order chi connectivity index (χ0) is 20.5. The minimum Gasteiger partial charge on any atom is -0.494 e. The number of thiocarbonyl (C=S) groups is 1. The Hall–Kier alpha value is -2.93. The van der Waals surface area contributed by atoms with Crippen molar-refractivity contribution in [1.29, 1.82) is 0 Å². The van der Waals surface area contributed by atoms with Gasteiger partial charge in [0.2, 0.25) is 0 Å². The summed E-state index contributed by atoms with van der Waals surface area (Å²) in [6.07, 6.45) is 0.969. The van der Waals surface area contributed by atoms with E-state index in [1.54, 1.807) is 18.2 Å². The third kappa shape index (κ3) is 6.66. The molecule has 0 unspecified atom stereocenters. The Morgan fingerprint density at radius 2 is 1.79 bits per heavy atom. The first-order valence-corrected chi connectivity index (χ1v) is 9.33. The van der Waals surface area contributed by atoms with Gasteiger partial charge in [-0.05, 0) is 54.9 Å². The van der Waals surface area contributed by atoms with Crippen molar-refractivity contribution in [3.63, 3.8) is 0 Å². The third-order valence-corrected chi connectivity index (χ3v) is 4.03. The first-order chi connectivity index (χ1) is 13.4. The number of carbonyl (C=O) groups excluding carboxylic acids is 2. The van der Waals surface area contributed by atoms with Gasteiger partial charge in [0.05, 0.1) is 19.3 Å². The fraction of sp³-hybridized carbons (Fsp3) is 0.286. The summed E-state index contributed by atoms with van der Waals surface area (Å²) in [6, 6.07) is 13.6. The number of hydrogen-bond donors (Lipinski definition) is 2. The lowest BCUT2D eigenvalue weighted by Crippen LogP contribution is -2.34. The second kappa shape index (κ2) is 10.4. The molecule has 0 fully saturated rings. The number of carbonyl (C=O) groups is 2. The van der Waals surface area contributed by atoms with Gasteiger partial charge in [-0.25, -0.2) is 4.79 Å². The Balaban J connectivity index is 1.95. The highest BCUT2D eigenvalue weighted by molar-refractivity contribution is 7.80. The minimum atomic E-state index is -0.510. The van der Waals surface area contributed by atoms with Crippen molar-refractivity contribution >= 4 is 34.9 Å². The average Bonchev–Trinajstić information content (AvgIpc) is 2.67. The van der Waals surface area contributed by atoms with E-state index in [0.29, 0.717) is 29.3 Å². The summed E-state index contributed by atoms with van der Waals surface area (Å²) in [7, 11) is 1.29. The lowest BCUT2D eigenvalue weighted by Gasteiger charge is -2.12. The zero-order valence-corrected chi connectivity index (χ0v) is 17.0. The maximum atomic E-state index is 12.4. The number of rotatable bonds is 7. The van der Waals surface area contributed by atoms with E-state index in [9.17, 15) is 9.59 Å². The van der Waals surface area contributed by atoms with Crippen molar-refractivity contribution in [2.45, 2.75) is 20.3 Å². The number of esters is 1. The number of methoxy groups -OCH3 is 1. The van der Waals surface area contributed by atoms with Crippen molar-refractivity contribution in [2.75, 3.05) is 19.0 Å². The fourth-order valence-corrected chi connectivity index (χ4v) is 2.53. The molecule has 0 saturated carbocycles. The van der Waals surface area contributed by atoms with Crippen LogP contribution in [0.1, 0.15) is 41.0 Å². The van der Waals surface area contributed by atoms with E-state index in [1.165, 1.54) is 13.2 Å². The molecule has 2 aromatic carbocycles. The monoisotopic (exact) mass is 400 g/mol. The van der Waals surface area contributed by atoms with Gasteiger partial charge in [0, 0.05) is 17.3 Å². The van der Waals surface area contributed by atoms with Crippen LogP contribution in [0.3, 0.4) is 0 Å². The van der Waals surface area contributed by atoms with E-state index in [0.717, 1.165) is 12.2 Å². The van der Waals surface area contributed by atoms with Gasteiger partial charge in [-0.15, -0.1) is 0 Å². The summed E-state index contributed by atoms with van der Waals surface area (Å²) in [4.78, 5) is 24.0.